The first-order valence-electron chi connectivity index (χ1n) is 3.95. The minimum atomic E-state index is -0.615. The van der Waals surface area contributed by atoms with Crippen LogP contribution in [-0.2, 0) is 9.53 Å². The molecule has 0 amide bonds. The normalized spacial score (nSPS) is 12.3. The average molecular weight is 218 g/mol. The first-order valence-corrected chi connectivity index (χ1v) is 4.32. The van der Waals surface area contributed by atoms with Gasteiger partial charge in [-0.25, -0.2) is 9.37 Å². The maximum absolute atomic E-state index is 12.8. The molecule has 0 saturated carbocycles. The lowest BCUT2D eigenvalue weighted by molar-refractivity contribution is -0.142. The van der Waals surface area contributed by atoms with Gasteiger partial charge in [0.15, 0.2) is 0 Å². The van der Waals surface area contributed by atoms with E-state index in [1.165, 1.54) is 13.2 Å². The first kappa shape index (κ1) is 10.9. The number of aromatic nitrogens is 1. The SMILES string of the molecule is COC(=O)C(C)c1cc(F)cnc1Cl. The van der Waals surface area contributed by atoms with E-state index in [1.807, 2.05) is 0 Å². The van der Waals surface area contributed by atoms with Crippen molar-refractivity contribution in [2.75, 3.05) is 7.11 Å². The molecular weight excluding hydrogens is 209 g/mol. The van der Waals surface area contributed by atoms with E-state index in [2.05, 4.69) is 9.72 Å². The molecule has 0 N–H and O–H groups in total. The van der Waals surface area contributed by atoms with Crippen molar-refractivity contribution in [1.29, 1.82) is 0 Å². The molecule has 0 aliphatic rings. The van der Waals surface area contributed by atoms with E-state index in [0.717, 1.165) is 6.20 Å². The summed E-state index contributed by atoms with van der Waals surface area (Å²) in [7, 11) is 1.26. The van der Waals surface area contributed by atoms with Crippen molar-refractivity contribution in [3.05, 3.63) is 28.8 Å². The van der Waals surface area contributed by atoms with Gasteiger partial charge in [0.05, 0.1) is 19.2 Å². The maximum Gasteiger partial charge on any atom is 0.312 e. The van der Waals surface area contributed by atoms with Crippen LogP contribution in [0.15, 0.2) is 12.3 Å². The Morgan fingerprint density at radius 1 is 1.71 bits per heavy atom. The number of carbonyl (C=O) groups is 1. The van der Waals surface area contributed by atoms with Crippen molar-refractivity contribution in [3.63, 3.8) is 0 Å². The Kier molecular flexibility index (Phi) is 3.41. The van der Waals surface area contributed by atoms with E-state index in [4.69, 9.17) is 11.6 Å². The largest absolute Gasteiger partial charge is 0.469 e. The van der Waals surface area contributed by atoms with Gasteiger partial charge >= 0.3 is 5.97 Å². The molecule has 1 aromatic rings. The predicted octanol–water partition coefficient (Wildman–Crippen LogP) is 2.15. The van der Waals surface area contributed by atoms with Crippen LogP contribution >= 0.6 is 11.6 Å². The molecule has 0 aromatic carbocycles. The zero-order chi connectivity index (χ0) is 10.7. The molecular formula is C9H9ClFNO2. The molecule has 3 nitrogen and oxygen atoms in total. The Bertz CT molecular complexity index is 357. The minimum absolute atomic E-state index is 0.115. The molecule has 0 spiro atoms. The lowest BCUT2D eigenvalue weighted by Gasteiger charge is -2.10. The number of pyridine rings is 1. The fourth-order valence-corrected chi connectivity index (χ4v) is 1.31. The van der Waals surface area contributed by atoms with Crippen LogP contribution in [0.25, 0.3) is 0 Å². The van der Waals surface area contributed by atoms with Crippen molar-refractivity contribution in [2.24, 2.45) is 0 Å². The highest BCUT2D eigenvalue weighted by molar-refractivity contribution is 6.30. The molecule has 76 valence electrons. The van der Waals surface area contributed by atoms with E-state index >= 15 is 0 Å². The fourth-order valence-electron chi connectivity index (χ4n) is 1.05. The second-order valence-corrected chi connectivity index (χ2v) is 3.14. The van der Waals surface area contributed by atoms with Crippen molar-refractivity contribution >= 4 is 17.6 Å². The van der Waals surface area contributed by atoms with Crippen LogP contribution in [0.1, 0.15) is 18.4 Å². The zero-order valence-corrected chi connectivity index (χ0v) is 8.51. The summed E-state index contributed by atoms with van der Waals surface area (Å²) in [5, 5.41) is 0.115. The van der Waals surface area contributed by atoms with Gasteiger partial charge in [-0.05, 0) is 13.0 Å². The molecule has 0 bridgehead atoms. The second-order valence-electron chi connectivity index (χ2n) is 2.78. The summed E-state index contributed by atoms with van der Waals surface area (Å²) in [5.74, 6) is -1.62. The number of nitrogens with zero attached hydrogens (tertiary/aromatic N) is 1. The van der Waals surface area contributed by atoms with Crippen LogP contribution in [0.4, 0.5) is 4.39 Å². The Balaban J connectivity index is 3.05. The number of hydrogen-bond acceptors (Lipinski definition) is 3. The van der Waals surface area contributed by atoms with Gasteiger partial charge in [0.1, 0.15) is 11.0 Å². The highest BCUT2D eigenvalue weighted by atomic mass is 35.5. The molecule has 1 heterocycles. The molecule has 1 unspecified atom stereocenters. The average Bonchev–Trinajstić information content (AvgIpc) is 2.19. The summed E-state index contributed by atoms with van der Waals surface area (Å²) >= 11 is 5.71. The highest BCUT2D eigenvalue weighted by Crippen LogP contribution is 2.23. The van der Waals surface area contributed by atoms with Crippen molar-refractivity contribution in [1.82, 2.24) is 4.98 Å². The molecule has 0 radical (unpaired) electrons. The Morgan fingerprint density at radius 2 is 2.36 bits per heavy atom. The van der Waals surface area contributed by atoms with Crippen LogP contribution in [0.2, 0.25) is 5.15 Å². The van der Waals surface area contributed by atoms with Crippen molar-refractivity contribution < 1.29 is 13.9 Å². The summed E-state index contributed by atoms with van der Waals surface area (Å²) in [6.07, 6.45) is 0.996. The number of halogens is 2. The Morgan fingerprint density at radius 3 is 2.93 bits per heavy atom. The standard InChI is InChI=1S/C9H9ClFNO2/c1-5(9(13)14-2)7-3-6(11)4-12-8(7)10/h3-5H,1-2H3. The number of ether oxygens (including phenoxy) is 1. The van der Waals surface area contributed by atoms with Gasteiger partial charge in [-0.2, -0.15) is 0 Å². The molecule has 0 saturated heterocycles. The molecule has 14 heavy (non-hydrogen) atoms. The lowest BCUT2D eigenvalue weighted by Crippen LogP contribution is -2.12. The number of carbonyl (C=O) groups excluding carboxylic acids is 1. The summed E-state index contributed by atoms with van der Waals surface area (Å²) in [5.41, 5.74) is 0.332. The van der Waals surface area contributed by atoms with Crippen LogP contribution in [0.3, 0.4) is 0 Å². The minimum Gasteiger partial charge on any atom is -0.469 e. The van der Waals surface area contributed by atoms with Gasteiger partial charge in [0.2, 0.25) is 0 Å². The van der Waals surface area contributed by atoms with Gasteiger partial charge in [0, 0.05) is 5.56 Å². The molecule has 1 atom stereocenters. The molecule has 5 heteroatoms. The van der Waals surface area contributed by atoms with E-state index in [0.29, 0.717) is 5.56 Å². The number of hydrogen-bond donors (Lipinski definition) is 0. The molecule has 1 rings (SSSR count). The zero-order valence-electron chi connectivity index (χ0n) is 7.75. The smallest absolute Gasteiger partial charge is 0.312 e. The summed E-state index contributed by atoms with van der Waals surface area (Å²) in [6, 6.07) is 1.18. The highest BCUT2D eigenvalue weighted by Gasteiger charge is 2.19. The number of methoxy groups -OCH3 is 1. The summed E-state index contributed by atoms with van der Waals surface area (Å²) in [4.78, 5) is 14.7. The van der Waals surface area contributed by atoms with Crippen molar-refractivity contribution in [2.45, 2.75) is 12.8 Å². The van der Waals surface area contributed by atoms with Gasteiger partial charge in [-0.3, -0.25) is 4.79 Å². The third kappa shape index (κ3) is 2.20. The van der Waals surface area contributed by atoms with Crippen LogP contribution in [-0.4, -0.2) is 18.1 Å². The third-order valence-corrected chi connectivity index (χ3v) is 2.17. The fraction of sp³-hybridized carbons (Fsp3) is 0.333. The molecule has 0 fully saturated rings. The summed E-state index contributed by atoms with van der Waals surface area (Å²) in [6.45, 7) is 1.58. The van der Waals surface area contributed by atoms with E-state index < -0.39 is 17.7 Å². The van der Waals surface area contributed by atoms with Crippen LogP contribution in [0, 0.1) is 5.82 Å². The van der Waals surface area contributed by atoms with Gasteiger partial charge in [-0.15, -0.1) is 0 Å². The quantitative estimate of drug-likeness (QED) is 0.563. The van der Waals surface area contributed by atoms with Gasteiger partial charge in [0.25, 0.3) is 0 Å². The molecule has 0 aliphatic carbocycles. The van der Waals surface area contributed by atoms with Crippen LogP contribution < -0.4 is 0 Å². The monoisotopic (exact) mass is 217 g/mol. The Hall–Kier alpha value is -1.16. The number of esters is 1. The Labute approximate surface area is 85.9 Å². The molecule has 1 aromatic heterocycles. The van der Waals surface area contributed by atoms with E-state index in [-0.39, 0.29) is 5.15 Å². The molecule has 0 aliphatic heterocycles. The lowest BCUT2D eigenvalue weighted by atomic mass is 10.0. The second kappa shape index (κ2) is 4.37. The topological polar surface area (TPSA) is 39.2 Å². The van der Waals surface area contributed by atoms with Gasteiger partial charge in [-0.1, -0.05) is 11.6 Å². The van der Waals surface area contributed by atoms with E-state index in [1.54, 1.807) is 6.92 Å². The first-order chi connectivity index (χ1) is 6.56. The van der Waals surface area contributed by atoms with Gasteiger partial charge < -0.3 is 4.74 Å². The van der Waals surface area contributed by atoms with Crippen molar-refractivity contribution in [3.8, 4) is 0 Å². The number of rotatable bonds is 2. The van der Waals surface area contributed by atoms with E-state index in [9.17, 15) is 9.18 Å². The van der Waals surface area contributed by atoms with Crippen LogP contribution in [0.5, 0.6) is 0 Å². The maximum atomic E-state index is 12.8. The summed E-state index contributed by atoms with van der Waals surface area (Å²) < 4.78 is 17.3. The predicted molar refractivity (Wildman–Crippen MR) is 49.6 cm³/mol. The third-order valence-electron chi connectivity index (χ3n) is 1.85.